The maximum atomic E-state index is 13.3. The Labute approximate surface area is 284 Å². The number of amides is 1. The summed E-state index contributed by atoms with van der Waals surface area (Å²) in [7, 11) is 1.61. The summed E-state index contributed by atoms with van der Waals surface area (Å²) in [6, 6.07) is 3.88. The molecule has 1 fully saturated rings. The Morgan fingerprint density at radius 3 is 2.02 bits per heavy atom. The number of aromatic hydroxyl groups is 1. The summed E-state index contributed by atoms with van der Waals surface area (Å²) in [5.41, 5.74) is 7.89. The molecule has 49 heavy (non-hydrogen) atoms. The van der Waals surface area contributed by atoms with E-state index in [0.717, 1.165) is 27.7 Å². The summed E-state index contributed by atoms with van der Waals surface area (Å²) < 4.78 is 38.9. The molecule has 2 rings (SSSR count). The van der Waals surface area contributed by atoms with Gasteiger partial charge >= 0.3 is 23.9 Å². The molecule has 1 aromatic rings. The molecule has 1 amide bonds. The molecule has 0 aromatic heterocycles. The summed E-state index contributed by atoms with van der Waals surface area (Å²) in [6.45, 7) is 12.9. The van der Waals surface area contributed by atoms with Gasteiger partial charge in [-0.2, -0.15) is 0 Å². The van der Waals surface area contributed by atoms with Crippen molar-refractivity contribution in [3.63, 3.8) is 0 Å². The van der Waals surface area contributed by atoms with Gasteiger partial charge in [-0.15, -0.1) is 0 Å². The van der Waals surface area contributed by atoms with Crippen LogP contribution in [0.1, 0.15) is 65.7 Å². The zero-order valence-corrected chi connectivity index (χ0v) is 29.3. The van der Waals surface area contributed by atoms with Crippen molar-refractivity contribution in [2.45, 2.75) is 86.1 Å². The third kappa shape index (κ3) is 13.1. The lowest BCUT2D eigenvalue weighted by Gasteiger charge is -2.43. The van der Waals surface area contributed by atoms with Crippen molar-refractivity contribution < 1.29 is 62.2 Å². The van der Waals surface area contributed by atoms with E-state index in [1.807, 2.05) is 27.7 Å². The van der Waals surface area contributed by atoms with Gasteiger partial charge in [0.15, 0.2) is 23.7 Å². The Morgan fingerprint density at radius 2 is 1.47 bits per heavy atom. The van der Waals surface area contributed by atoms with Crippen molar-refractivity contribution in [1.82, 2.24) is 4.90 Å². The predicted molar refractivity (Wildman–Crippen MR) is 170 cm³/mol. The second-order valence-corrected chi connectivity index (χ2v) is 13.2. The van der Waals surface area contributed by atoms with E-state index >= 15 is 0 Å². The zero-order chi connectivity index (χ0) is 37.1. The van der Waals surface area contributed by atoms with Crippen molar-refractivity contribution in [2.75, 3.05) is 40.0 Å². The maximum absolute atomic E-state index is 13.3. The second-order valence-electron chi connectivity index (χ2n) is 13.2. The number of benzene rings is 1. The molecule has 1 aliphatic heterocycles. The van der Waals surface area contributed by atoms with Gasteiger partial charge in [0, 0.05) is 63.7 Å². The lowest BCUT2D eigenvalue weighted by Crippen LogP contribution is -2.63. The second kappa shape index (κ2) is 17.7. The van der Waals surface area contributed by atoms with Gasteiger partial charge in [-0.1, -0.05) is 32.8 Å². The predicted octanol–water partition coefficient (Wildman–Crippen LogP) is 3.31. The molecule has 1 N–H and O–H groups in total. The van der Waals surface area contributed by atoms with E-state index in [4.69, 9.17) is 38.7 Å². The number of carbonyl (C=O) groups is 5. The number of hydrogen-bond donors (Lipinski definition) is 1. The number of esters is 4. The highest BCUT2D eigenvalue weighted by molar-refractivity contribution is 5.94. The van der Waals surface area contributed by atoms with E-state index in [1.165, 1.54) is 23.1 Å². The number of nitrogens with zero attached hydrogens (tertiary/aromatic N) is 4. The number of hydrogen-bond acceptors (Lipinski definition) is 14. The number of rotatable bonds is 16. The van der Waals surface area contributed by atoms with Gasteiger partial charge in [-0.3, -0.25) is 24.0 Å². The van der Waals surface area contributed by atoms with E-state index in [9.17, 15) is 29.1 Å². The normalized spacial score (nSPS) is 20.6. The molecule has 0 radical (unpaired) electrons. The molecule has 1 heterocycles. The molecule has 1 unspecified atom stereocenters. The Hall–Kier alpha value is -4.60. The zero-order valence-electron chi connectivity index (χ0n) is 29.3. The van der Waals surface area contributed by atoms with Crippen molar-refractivity contribution in [3.05, 3.63) is 34.2 Å². The molecule has 0 spiro atoms. The van der Waals surface area contributed by atoms with Crippen LogP contribution in [-0.2, 0) is 47.6 Å². The number of phenolic OH excluding ortho intramolecular Hbond substituents is 1. The molecule has 0 aliphatic carbocycles. The van der Waals surface area contributed by atoms with Crippen LogP contribution in [-0.4, -0.2) is 110 Å². The third-order valence-electron chi connectivity index (χ3n) is 6.96. The van der Waals surface area contributed by atoms with Crippen molar-refractivity contribution in [3.8, 4) is 11.5 Å². The van der Waals surface area contributed by atoms with Gasteiger partial charge < -0.3 is 43.2 Å². The van der Waals surface area contributed by atoms with Crippen LogP contribution in [0.25, 0.3) is 10.4 Å². The molecule has 1 aromatic carbocycles. The number of ether oxygens (including phenoxy) is 7. The summed E-state index contributed by atoms with van der Waals surface area (Å²) in [4.78, 5) is 65.3. The van der Waals surface area contributed by atoms with Gasteiger partial charge in [0.25, 0.3) is 5.91 Å². The van der Waals surface area contributed by atoms with Gasteiger partial charge in [0.1, 0.15) is 12.7 Å². The van der Waals surface area contributed by atoms with Gasteiger partial charge in [0.2, 0.25) is 12.4 Å². The minimum atomic E-state index is -1.58. The molecule has 0 saturated carbocycles. The topological polar surface area (TPSA) is 222 Å². The van der Waals surface area contributed by atoms with Crippen molar-refractivity contribution >= 4 is 29.8 Å². The Morgan fingerprint density at radius 1 is 0.898 bits per heavy atom. The first-order valence-electron chi connectivity index (χ1n) is 15.4. The summed E-state index contributed by atoms with van der Waals surface area (Å²) in [6.07, 6.45) is -7.19. The maximum Gasteiger partial charge on any atom is 0.303 e. The van der Waals surface area contributed by atoms with Crippen LogP contribution >= 0.6 is 0 Å². The molecule has 0 bridgehead atoms. The fourth-order valence-electron chi connectivity index (χ4n) is 5.01. The summed E-state index contributed by atoms with van der Waals surface area (Å²) >= 11 is 0. The average Bonchev–Trinajstić information content (AvgIpc) is 2.97. The van der Waals surface area contributed by atoms with E-state index in [-0.39, 0.29) is 23.3 Å². The van der Waals surface area contributed by atoms with Crippen LogP contribution in [0.4, 0.5) is 0 Å². The highest BCUT2D eigenvalue weighted by atomic mass is 16.7. The highest BCUT2D eigenvalue weighted by Gasteiger charge is 2.53. The lowest BCUT2D eigenvalue weighted by atomic mass is 9.92. The van der Waals surface area contributed by atoms with Crippen LogP contribution in [0.3, 0.4) is 0 Å². The van der Waals surface area contributed by atoms with Crippen LogP contribution in [0, 0.1) is 10.8 Å². The highest BCUT2D eigenvalue weighted by Crippen LogP contribution is 2.35. The number of carbonyl (C=O) groups excluding carboxylic acids is 5. The minimum Gasteiger partial charge on any atom is -0.504 e. The summed E-state index contributed by atoms with van der Waals surface area (Å²) in [5.74, 6) is -4.19. The Balaban J connectivity index is 2.28. The molecule has 272 valence electrons. The number of azide groups is 1. The molecular weight excluding hydrogens is 648 g/mol. The third-order valence-corrected chi connectivity index (χ3v) is 6.96. The summed E-state index contributed by atoms with van der Waals surface area (Å²) in [5, 5.41) is 14.5. The standard InChI is InChI=1S/C32H46N4O13/c1-18(37)44-13-25-26(45-19(2)38)27(46-20(3)39)28(47-21(4)40)30(49-25)48-24-11-10-22(12-23(24)41)29(42)36(9)15-32(7,8)17-43-16-31(5,6)14-34-35-33/h10-12,25-28,30,41H,13-17H2,1-9H3/t25-,26+,27+,28?,30-/m1/s1. The minimum absolute atomic E-state index is 0.126. The lowest BCUT2D eigenvalue weighted by molar-refractivity contribution is -0.288. The molecule has 17 heteroatoms. The van der Waals surface area contributed by atoms with Crippen molar-refractivity contribution in [2.24, 2.45) is 15.9 Å². The van der Waals surface area contributed by atoms with Gasteiger partial charge in [-0.25, -0.2) is 0 Å². The molecule has 1 aliphatic rings. The molecule has 5 atom stereocenters. The molecule has 17 nitrogen and oxygen atoms in total. The first-order chi connectivity index (χ1) is 22.7. The van der Waals surface area contributed by atoms with Gasteiger partial charge in [0.05, 0.1) is 13.2 Å². The van der Waals surface area contributed by atoms with Crippen LogP contribution in [0.15, 0.2) is 23.3 Å². The molecule has 1 saturated heterocycles. The van der Waals surface area contributed by atoms with E-state index in [0.29, 0.717) is 19.8 Å². The first-order valence-corrected chi connectivity index (χ1v) is 15.4. The smallest absolute Gasteiger partial charge is 0.303 e. The van der Waals surface area contributed by atoms with E-state index in [1.54, 1.807) is 7.05 Å². The fourth-order valence-corrected chi connectivity index (χ4v) is 5.01. The fraction of sp³-hybridized carbons (Fsp3) is 0.656. The van der Waals surface area contributed by atoms with Crippen LogP contribution < -0.4 is 4.74 Å². The number of phenols is 1. The SMILES string of the molecule is CC(=O)OC[C@H]1O[C@@H](Oc2ccc(C(=O)N(C)CC(C)(C)COCC(C)(C)CN=[N+]=[N-])cc2O)C(OC(C)=O)[C@@H](OC(C)=O)[C@H]1OC(C)=O. The van der Waals surface area contributed by atoms with Crippen LogP contribution in [0.2, 0.25) is 0 Å². The average molecular weight is 695 g/mol. The Bertz CT molecular complexity index is 1410. The van der Waals surface area contributed by atoms with Crippen molar-refractivity contribution in [1.29, 1.82) is 0 Å². The first kappa shape index (κ1) is 40.6. The Kier molecular flexibility index (Phi) is 14.7. The van der Waals surface area contributed by atoms with E-state index < -0.39 is 78.3 Å². The monoisotopic (exact) mass is 694 g/mol. The quantitative estimate of drug-likeness (QED) is 0.0863. The van der Waals surface area contributed by atoms with Crippen LogP contribution in [0.5, 0.6) is 11.5 Å². The largest absolute Gasteiger partial charge is 0.504 e. The van der Waals surface area contributed by atoms with E-state index in [2.05, 4.69) is 10.0 Å². The van der Waals surface area contributed by atoms with Gasteiger partial charge in [-0.05, 0) is 29.1 Å². The molecular formula is C32H46N4O13.